The van der Waals surface area contributed by atoms with Crippen LogP contribution in [0.25, 0.3) is 11.1 Å². The minimum Gasteiger partial charge on any atom is -0.207 e. The summed E-state index contributed by atoms with van der Waals surface area (Å²) in [6.45, 7) is 0. The minimum atomic E-state index is -0.201. The third-order valence-corrected chi connectivity index (χ3v) is 4.70. The highest BCUT2D eigenvalue weighted by atomic mass is 19.1. The number of fused-ring (bicyclic) bond motifs is 1. The molecule has 3 aliphatic carbocycles. The molecule has 22 heavy (non-hydrogen) atoms. The summed E-state index contributed by atoms with van der Waals surface area (Å²) < 4.78 is 26.2. The van der Waals surface area contributed by atoms with E-state index < -0.39 is 0 Å². The highest BCUT2D eigenvalue weighted by molar-refractivity contribution is 5.82. The van der Waals surface area contributed by atoms with Crippen LogP contribution < -0.4 is 0 Å². The maximum Gasteiger partial charge on any atom is 0.123 e. The zero-order valence-electron chi connectivity index (χ0n) is 12.1. The molecule has 110 valence electrons. The van der Waals surface area contributed by atoms with Crippen LogP contribution in [0.15, 0.2) is 60.7 Å². The fourth-order valence-electron chi connectivity index (χ4n) is 3.60. The zero-order chi connectivity index (χ0) is 15.1. The summed E-state index contributed by atoms with van der Waals surface area (Å²) >= 11 is 0. The van der Waals surface area contributed by atoms with Gasteiger partial charge in [0.1, 0.15) is 11.6 Å². The number of hydrogen-bond donors (Lipinski definition) is 0. The lowest BCUT2D eigenvalue weighted by atomic mass is 9.69. The molecule has 0 fully saturated rings. The molecule has 2 heteroatoms. The summed E-state index contributed by atoms with van der Waals surface area (Å²) in [5.74, 6) is 0.340. The predicted octanol–water partition coefficient (Wildman–Crippen LogP) is 5.47. The fraction of sp³-hybridized carbons (Fsp3) is 0.200. The van der Waals surface area contributed by atoms with E-state index in [9.17, 15) is 8.78 Å². The van der Waals surface area contributed by atoms with Crippen molar-refractivity contribution in [2.45, 2.75) is 12.8 Å². The van der Waals surface area contributed by atoms with Gasteiger partial charge in [0.15, 0.2) is 0 Å². The Morgan fingerprint density at radius 1 is 0.591 bits per heavy atom. The minimum absolute atomic E-state index is 0.201. The molecule has 2 aromatic carbocycles. The summed E-state index contributed by atoms with van der Waals surface area (Å²) in [5, 5.41) is 0. The number of allylic oxidation sites excluding steroid dienone is 4. The van der Waals surface area contributed by atoms with Crippen molar-refractivity contribution in [1.29, 1.82) is 0 Å². The molecular weight excluding hydrogens is 278 g/mol. The first-order chi connectivity index (χ1) is 10.7. The quantitative estimate of drug-likeness (QED) is 0.689. The highest BCUT2D eigenvalue weighted by Crippen LogP contribution is 2.47. The second-order valence-corrected chi connectivity index (χ2v) is 6.05. The van der Waals surface area contributed by atoms with E-state index in [0.29, 0.717) is 11.8 Å². The van der Waals surface area contributed by atoms with Gasteiger partial charge in [-0.05, 0) is 59.4 Å². The van der Waals surface area contributed by atoms with Crippen molar-refractivity contribution in [1.82, 2.24) is 0 Å². The summed E-state index contributed by atoms with van der Waals surface area (Å²) in [6.07, 6.45) is 6.86. The van der Waals surface area contributed by atoms with Gasteiger partial charge in [-0.15, -0.1) is 0 Å². The molecule has 5 rings (SSSR count). The van der Waals surface area contributed by atoms with Gasteiger partial charge < -0.3 is 0 Å². The van der Waals surface area contributed by atoms with E-state index in [2.05, 4.69) is 12.2 Å². The first kappa shape index (κ1) is 13.4. The molecule has 0 amide bonds. The fourth-order valence-corrected chi connectivity index (χ4v) is 3.60. The van der Waals surface area contributed by atoms with E-state index in [-0.39, 0.29) is 11.6 Å². The SMILES string of the molecule is Fc1ccc(C2=CC3CCC2C=C3c2ccc(F)cc2)cc1. The van der Waals surface area contributed by atoms with Gasteiger partial charge in [-0.25, -0.2) is 8.78 Å². The molecule has 2 aromatic rings. The lowest BCUT2D eigenvalue weighted by Crippen LogP contribution is -2.20. The Kier molecular flexibility index (Phi) is 3.18. The van der Waals surface area contributed by atoms with Crippen LogP contribution in [0.1, 0.15) is 24.0 Å². The van der Waals surface area contributed by atoms with Gasteiger partial charge >= 0.3 is 0 Å². The van der Waals surface area contributed by atoms with Crippen LogP contribution in [0.2, 0.25) is 0 Å². The Balaban J connectivity index is 1.68. The number of halogens is 2. The van der Waals surface area contributed by atoms with E-state index in [1.54, 1.807) is 0 Å². The molecule has 0 radical (unpaired) electrons. The van der Waals surface area contributed by atoms with Gasteiger partial charge in [0.2, 0.25) is 0 Å². The van der Waals surface area contributed by atoms with E-state index in [1.807, 2.05) is 24.3 Å². The Bertz CT molecular complexity index is 684. The molecule has 0 saturated heterocycles. The van der Waals surface area contributed by atoms with Crippen molar-refractivity contribution < 1.29 is 8.78 Å². The largest absolute Gasteiger partial charge is 0.207 e. The molecule has 2 atom stereocenters. The number of benzene rings is 2. The lowest BCUT2D eigenvalue weighted by Gasteiger charge is -2.35. The van der Waals surface area contributed by atoms with Gasteiger partial charge in [-0.3, -0.25) is 0 Å². The average Bonchev–Trinajstić information content (AvgIpc) is 2.56. The molecule has 0 saturated carbocycles. The van der Waals surface area contributed by atoms with Crippen LogP contribution in [-0.4, -0.2) is 0 Å². The Hall–Kier alpha value is -2.22. The molecule has 0 nitrogen and oxygen atoms in total. The normalized spacial score (nSPS) is 23.2. The molecule has 3 aliphatic rings. The van der Waals surface area contributed by atoms with E-state index in [0.717, 1.165) is 24.0 Å². The molecule has 2 bridgehead atoms. The van der Waals surface area contributed by atoms with E-state index in [1.165, 1.54) is 35.4 Å². The second kappa shape index (κ2) is 5.20. The molecule has 0 spiro atoms. The van der Waals surface area contributed by atoms with Crippen molar-refractivity contribution in [2.24, 2.45) is 11.8 Å². The molecular formula is C20H16F2. The van der Waals surface area contributed by atoms with Crippen LogP contribution in [0.3, 0.4) is 0 Å². The van der Waals surface area contributed by atoms with Gasteiger partial charge in [-0.1, -0.05) is 36.4 Å². The Morgan fingerprint density at radius 2 is 0.955 bits per heavy atom. The summed E-state index contributed by atoms with van der Waals surface area (Å²) in [5.41, 5.74) is 4.79. The van der Waals surface area contributed by atoms with Crippen molar-refractivity contribution in [3.63, 3.8) is 0 Å². The third kappa shape index (κ3) is 2.29. The van der Waals surface area contributed by atoms with Crippen LogP contribution in [0, 0.1) is 23.5 Å². The maximum absolute atomic E-state index is 13.1. The third-order valence-electron chi connectivity index (χ3n) is 4.70. The van der Waals surface area contributed by atoms with Crippen LogP contribution in [-0.2, 0) is 0 Å². The average molecular weight is 294 g/mol. The molecule has 0 heterocycles. The van der Waals surface area contributed by atoms with Gasteiger partial charge in [-0.2, -0.15) is 0 Å². The summed E-state index contributed by atoms with van der Waals surface area (Å²) in [6, 6.07) is 13.5. The molecule has 0 aliphatic heterocycles. The monoisotopic (exact) mass is 294 g/mol. The number of rotatable bonds is 2. The first-order valence-electron chi connectivity index (χ1n) is 7.66. The maximum atomic E-state index is 13.1. The van der Waals surface area contributed by atoms with E-state index >= 15 is 0 Å². The second-order valence-electron chi connectivity index (χ2n) is 6.05. The Labute approximate surface area is 128 Å². The van der Waals surface area contributed by atoms with Gasteiger partial charge in [0, 0.05) is 11.8 Å². The first-order valence-corrected chi connectivity index (χ1v) is 7.66. The Morgan fingerprint density at radius 3 is 1.27 bits per heavy atom. The topological polar surface area (TPSA) is 0 Å². The van der Waals surface area contributed by atoms with Gasteiger partial charge in [0.25, 0.3) is 0 Å². The van der Waals surface area contributed by atoms with Gasteiger partial charge in [0.05, 0.1) is 0 Å². The highest BCUT2D eigenvalue weighted by Gasteiger charge is 2.30. The van der Waals surface area contributed by atoms with Crippen molar-refractivity contribution in [2.75, 3.05) is 0 Å². The van der Waals surface area contributed by atoms with Crippen molar-refractivity contribution in [3.8, 4) is 0 Å². The van der Waals surface area contributed by atoms with Crippen molar-refractivity contribution in [3.05, 3.63) is 83.4 Å². The lowest BCUT2D eigenvalue weighted by molar-refractivity contribution is 0.556. The zero-order valence-corrected chi connectivity index (χ0v) is 12.1. The molecule has 0 N–H and O–H groups in total. The number of hydrogen-bond acceptors (Lipinski definition) is 0. The molecule has 2 unspecified atom stereocenters. The van der Waals surface area contributed by atoms with E-state index in [4.69, 9.17) is 0 Å². The predicted molar refractivity (Wildman–Crippen MR) is 85.0 cm³/mol. The van der Waals surface area contributed by atoms with Crippen LogP contribution in [0.4, 0.5) is 8.78 Å². The van der Waals surface area contributed by atoms with Crippen LogP contribution >= 0.6 is 0 Å². The van der Waals surface area contributed by atoms with Crippen molar-refractivity contribution >= 4 is 11.1 Å². The van der Waals surface area contributed by atoms with Crippen LogP contribution in [0.5, 0.6) is 0 Å². The summed E-state index contributed by atoms with van der Waals surface area (Å²) in [4.78, 5) is 0. The smallest absolute Gasteiger partial charge is 0.123 e. The summed E-state index contributed by atoms with van der Waals surface area (Å²) in [7, 11) is 0. The molecule has 0 aromatic heterocycles. The standard InChI is InChI=1S/C20H16F2/c21-17-7-3-13(4-8-17)19-12-16-2-1-15(19)11-20(16)14-5-9-18(22)10-6-14/h3-12,15-16H,1-2H2.